The second-order valence-electron chi connectivity index (χ2n) is 4.05. The van der Waals surface area contributed by atoms with Crippen molar-refractivity contribution in [3.63, 3.8) is 0 Å². The van der Waals surface area contributed by atoms with E-state index in [2.05, 4.69) is 6.58 Å². The van der Waals surface area contributed by atoms with Gasteiger partial charge in [0.15, 0.2) is 0 Å². The molecule has 0 aliphatic rings. The van der Waals surface area contributed by atoms with Gasteiger partial charge in [0.05, 0.1) is 0 Å². The van der Waals surface area contributed by atoms with E-state index in [1.807, 2.05) is 30.3 Å². The second kappa shape index (κ2) is 8.17. The van der Waals surface area contributed by atoms with Crippen molar-refractivity contribution in [1.29, 1.82) is 0 Å². The van der Waals surface area contributed by atoms with Gasteiger partial charge in [-0.15, -0.1) is 5.56 Å². The average molecular weight is 342 g/mol. The SMILES string of the molecule is C=C[C@@](F)([C@@H](O)c1ccc[cH-]1)C(F)(F)F.[Fe+2].c1cc[cH-]c1. The summed E-state index contributed by atoms with van der Waals surface area (Å²) in [5.74, 6) is 0. The zero-order valence-corrected chi connectivity index (χ0v) is 12.0. The second-order valence-corrected chi connectivity index (χ2v) is 4.05. The predicted octanol–water partition coefficient (Wildman–Crippen LogP) is 4.30. The molecule has 0 heterocycles. The Morgan fingerprint density at radius 2 is 1.67 bits per heavy atom. The predicted molar refractivity (Wildman–Crippen MR) is 69.1 cm³/mol. The van der Waals surface area contributed by atoms with E-state index in [0.717, 1.165) is 0 Å². The molecule has 0 bridgehead atoms. The molecule has 2 rings (SSSR count). The van der Waals surface area contributed by atoms with Crippen molar-refractivity contribution in [3.8, 4) is 0 Å². The smallest absolute Gasteiger partial charge is 0.387 e. The van der Waals surface area contributed by atoms with Crippen molar-refractivity contribution in [3.05, 3.63) is 72.8 Å². The first-order chi connectivity index (χ1) is 9.33. The minimum Gasteiger partial charge on any atom is -0.387 e. The average Bonchev–Trinajstić information content (AvgIpc) is 3.09. The van der Waals surface area contributed by atoms with E-state index in [0.29, 0.717) is 0 Å². The quantitative estimate of drug-likeness (QED) is 0.382. The molecule has 0 saturated carbocycles. The van der Waals surface area contributed by atoms with Gasteiger partial charge in [0.2, 0.25) is 0 Å². The van der Waals surface area contributed by atoms with E-state index in [-0.39, 0.29) is 28.7 Å². The summed E-state index contributed by atoms with van der Waals surface area (Å²) in [5, 5.41) is 9.30. The molecule has 0 fully saturated rings. The molecule has 0 aliphatic carbocycles. The molecule has 0 unspecified atom stereocenters. The maximum absolute atomic E-state index is 13.5. The summed E-state index contributed by atoms with van der Waals surface area (Å²) in [7, 11) is 0. The number of halogens is 4. The Bertz CT molecular complexity index is 473. The first kappa shape index (κ1) is 19.6. The Labute approximate surface area is 131 Å². The number of hydrogen-bond donors (Lipinski definition) is 1. The fourth-order valence-corrected chi connectivity index (χ4v) is 1.52. The van der Waals surface area contributed by atoms with Gasteiger partial charge in [-0.1, -0.05) is 6.58 Å². The van der Waals surface area contributed by atoms with Crippen LogP contribution >= 0.6 is 0 Å². The van der Waals surface area contributed by atoms with Crippen molar-refractivity contribution in [2.75, 3.05) is 0 Å². The Balaban J connectivity index is 0.000000562. The van der Waals surface area contributed by atoms with Crippen molar-refractivity contribution >= 4 is 0 Å². The molecule has 0 saturated heterocycles. The fraction of sp³-hybridized carbons (Fsp3) is 0.200. The van der Waals surface area contributed by atoms with Gasteiger partial charge in [0, 0.05) is 0 Å². The summed E-state index contributed by atoms with van der Waals surface area (Å²) >= 11 is 0. The van der Waals surface area contributed by atoms with Crippen LogP contribution in [0.2, 0.25) is 0 Å². The zero-order chi connectivity index (χ0) is 15.2. The van der Waals surface area contributed by atoms with Crippen LogP contribution in [-0.2, 0) is 17.1 Å². The summed E-state index contributed by atoms with van der Waals surface area (Å²) < 4.78 is 50.5. The van der Waals surface area contributed by atoms with Gasteiger partial charge in [-0.3, -0.25) is 0 Å². The maximum Gasteiger partial charge on any atom is 2.00 e. The van der Waals surface area contributed by atoms with E-state index in [1.165, 1.54) is 24.3 Å². The minimum absolute atomic E-state index is 0. The van der Waals surface area contributed by atoms with Crippen LogP contribution in [-0.4, -0.2) is 17.0 Å². The third-order valence-electron chi connectivity index (χ3n) is 2.69. The summed E-state index contributed by atoms with van der Waals surface area (Å²) in [4.78, 5) is 0. The van der Waals surface area contributed by atoms with E-state index in [4.69, 9.17) is 0 Å². The Morgan fingerprint density at radius 1 is 1.10 bits per heavy atom. The summed E-state index contributed by atoms with van der Waals surface area (Å²) in [6, 6.07) is 15.3. The van der Waals surface area contributed by atoms with Crippen molar-refractivity contribution < 1.29 is 39.7 Å². The number of alkyl halides is 4. The van der Waals surface area contributed by atoms with Crippen LogP contribution in [0.1, 0.15) is 11.7 Å². The molecule has 2 aromatic carbocycles. The molecule has 0 aliphatic heterocycles. The third-order valence-corrected chi connectivity index (χ3v) is 2.69. The van der Waals surface area contributed by atoms with Crippen molar-refractivity contribution in [2.24, 2.45) is 0 Å². The van der Waals surface area contributed by atoms with Crippen LogP contribution in [0.3, 0.4) is 0 Å². The van der Waals surface area contributed by atoms with Gasteiger partial charge in [-0.25, -0.2) is 28.7 Å². The summed E-state index contributed by atoms with van der Waals surface area (Å²) in [5.41, 5.74) is -3.95. The van der Waals surface area contributed by atoms with Gasteiger partial charge in [-0.2, -0.15) is 43.5 Å². The largest absolute Gasteiger partial charge is 2.00 e. The van der Waals surface area contributed by atoms with Gasteiger partial charge < -0.3 is 5.11 Å². The number of aliphatic hydroxyl groups excluding tert-OH is 1. The number of aliphatic hydroxyl groups is 1. The fourth-order valence-electron chi connectivity index (χ4n) is 1.52. The molecule has 2 atom stereocenters. The van der Waals surface area contributed by atoms with Gasteiger partial charge >= 0.3 is 23.2 Å². The molecule has 0 amide bonds. The summed E-state index contributed by atoms with van der Waals surface area (Å²) in [6.45, 7) is 2.78. The van der Waals surface area contributed by atoms with Crippen molar-refractivity contribution in [1.82, 2.24) is 0 Å². The molecule has 116 valence electrons. The maximum atomic E-state index is 13.5. The van der Waals surface area contributed by atoms with Crippen LogP contribution in [0.15, 0.2) is 67.3 Å². The Morgan fingerprint density at radius 3 is 1.95 bits per heavy atom. The molecule has 6 heteroatoms. The Hall–Kier alpha value is -1.36. The van der Waals surface area contributed by atoms with Gasteiger partial charge in [0.1, 0.15) is 6.10 Å². The molecule has 1 N–H and O–H groups in total. The first-order valence-electron chi connectivity index (χ1n) is 5.78. The number of hydrogen-bond acceptors (Lipinski definition) is 1. The standard InChI is InChI=1S/C10H9F4O.C5H5.Fe/c1-2-9(11,10(12,13)14)8(15)7-5-3-4-6-7;1-2-4-5-3-1;/h2-6,8,15H,1H2;1-5H;/q2*-1;+2/t8-,9+;;/m0../s1. The normalized spacial score (nSPS) is 14.9. The topological polar surface area (TPSA) is 20.2 Å². The molecule has 1 nitrogen and oxygen atoms in total. The third kappa shape index (κ3) is 4.84. The molecular weight excluding hydrogens is 328 g/mol. The summed E-state index contributed by atoms with van der Waals surface area (Å²) in [6.07, 6.45) is -7.40. The molecule has 0 aromatic heterocycles. The van der Waals surface area contributed by atoms with Crippen LogP contribution in [0, 0.1) is 0 Å². The monoisotopic (exact) mass is 342 g/mol. The van der Waals surface area contributed by atoms with E-state index in [9.17, 15) is 22.7 Å². The van der Waals surface area contributed by atoms with Gasteiger partial charge in [0.25, 0.3) is 5.67 Å². The van der Waals surface area contributed by atoms with Crippen molar-refractivity contribution in [2.45, 2.75) is 17.9 Å². The van der Waals surface area contributed by atoms with E-state index in [1.54, 1.807) is 0 Å². The molecule has 21 heavy (non-hydrogen) atoms. The van der Waals surface area contributed by atoms with Gasteiger partial charge in [-0.05, 0) is 6.08 Å². The van der Waals surface area contributed by atoms with Crippen LogP contribution < -0.4 is 0 Å². The molecule has 2 aromatic rings. The molecule has 0 spiro atoms. The van der Waals surface area contributed by atoms with Crippen LogP contribution in [0.4, 0.5) is 17.6 Å². The van der Waals surface area contributed by atoms with E-state index >= 15 is 0 Å². The van der Waals surface area contributed by atoms with Crippen LogP contribution in [0.25, 0.3) is 0 Å². The number of rotatable bonds is 3. The molecule has 0 radical (unpaired) electrons. The molecular formula is C15H14F4FeO. The van der Waals surface area contributed by atoms with Crippen LogP contribution in [0.5, 0.6) is 0 Å². The minimum atomic E-state index is -5.19. The van der Waals surface area contributed by atoms with E-state index < -0.39 is 17.9 Å². The zero-order valence-electron chi connectivity index (χ0n) is 10.9. The first-order valence-corrected chi connectivity index (χ1v) is 5.78. The Kier molecular flexibility index (Phi) is 7.64.